The Kier molecular flexibility index (Phi) is 2.58. The molecule has 5 fully saturated rings. The van der Waals surface area contributed by atoms with Gasteiger partial charge in [0, 0.05) is 18.3 Å². The number of hydrogen-bond acceptors (Lipinski definition) is 5. The molecule has 7 atom stereocenters. The van der Waals surface area contributed by atoms with E-state index in [9.17, 15) is 4.79 Å². The van der Waals surface area contributed by atoms with Gasteiger partial charge in [0.1, 0.15) is 0 Å². The second-order valence-electron chi connectivity index (χ2n) is 7.14. The first-order valence-corrected chi connectivity index (χ1v) is 7.71. The molecule has 4 saturated heterocycles. The van der Waals surface area contributed by atoms with E-state index in [-0.39, 0.29) is 17.8 Å². The molecule has 5 heteroatoms. The molecule has 0 aromatic rings. The number of rotatable bonds is 0. The SMILES string of the molecule is C[C@@H]1CCC2[C@@H](C)C(=O)O[C@@H]3OC4(C)CC[C@@H]1C23OO4. The minimum absolute atomic E-state index is 0.123. The number of esters is 1. The summed E-state index contributed by atoms with van der Waals surface area (Å²) in [5.74, 6) is -0.137. The van der Waals surface area contributed by atoms with Gasteiger partial charge in [-0.3, -0.25) is 4.79 Å². The summed E-state index contributed by atoms with van der Waals surface area (Å²) in [5, 5.41) is 0. The van der Waals surface area contributed by atoms with Gasteiger partial charge in [0.25, 0.3) is 0 Å². The van der Waals surface area contributed by atoms with Crippen LogP contribution in [-0.4, -0.2) is 23.6 Å². The van der Waals surface area contributed by atoms with Gasteiger partial charge in [0.15, 0.2) is 5.60 Å². The van der Waals surface area contributed by atoms with Crippen molar-refractivity contribution in [1.29, 1.82) is 0 Å². The highest BCUT2D eigenvalue weighted by molar-refractivity contribution is 5.74. The van der Waals surface area contributed by atoms with Gasteiger partial charge in [-0.05, 0) is 32.1 Å². The highest BCUT2D eigenvalue weighted by Crippen LogP contribution is 2.59. The topological polar surface area (TPSA) is 54.0 Å². The van der Waals surface area contributed by atoms with Crippen LogP contribution in [0.1, 0.15) is 46.5 Å². The van der Waals surface area contributed by atoms with Crippen molar-refractivity contribution < 1.29 is 24.0 Å². The molecule has 112 valence electrons. The van der Waals surface area contributed by atoms with E-state index in [1.165, 1.54) is 0 Å². The molecule has 2 bridgehead atoms. The molecule has 1 saturated carbocycles. The van der Waals surface area contributed by atoms with Crippen molar-refractivity contribution >= 4 is 5.97 Å². The number of fused-ring (bicyclic) bond motifs is 2. The van der Waals surface area contributed by atoms with E-state index in [4.69, 9.17) is 19.2 Å². The molecular formula is C15H22O5. The molecule has 0 aromatic carbocycles. The maximum atomic E-state index is 12.1. The predicted molar refractivity (Wildman–Crippen MR) is 68.0 cm³/mol. The molecule has 4 aliphatic heterocycles. The number of carbonyl (C=O) groups is 1. The lowest BCUT2D eigenvalue weighted by atomic mass is 9.58. The second kappa shape index (κ2) is 3.96. The van der Waals surface area contributed by atoms with E-state index in [0.717, 1.165) is 25.7 Å². The lowest BCUT2D eigenvalue weighted by Gasteiger charge is -2.57. The van der Waals surface area contributed by atoms with Crippen LogP contribution in [0.5, 0.6) is 0 Å². The molecule has 5 rings (SSSR count). The third-order valence-corrected chi connectivity index (χ3v) is 5.97. The van der Waals surface area contributed by atoms with Crippen LogP contribution in [0.3, 0.4) is 0 Å². The maximum Gasteiger partial charge on any atom is 0.311 e. The fourth-order valence-corrected chi connectivity index (χ4v) is 4.76. The van der Waals surface area contributed by atoms with E-state index >= 15 is 0 Å². The van der Waals surface area contributed by atoms with Gasteiger partial charge < -0.3 is 9.47 Å². The molecule has 4 heterocycles. The van der Waals surface area contributed by atoms with Crippen molar-refractivity contribution in [3.63, 3.8) is 0 Å². The van der Waals surface area contributed by atoms with E-state index in [0.29, 0.717) is 11.8 Å². The largest absolute Gasteiger partial charge is 0.432 e. The number of carbonyl (C=O) groups excluding carboxylic acids is 1. The van der Waals surface area contributed by atoms with Gasteiger partial charge in [-0.2, -0.15) is 0 Å². The Hall–Kier alpha value is -0.650. The van der Waals surface area contributed by atoms with E-state index in [2.05, 4.69) is 6.92 Å². The van der Waals surface area contributed by atoms with Gasteiger partial charge in [-0.1, -0.05) is 13.8 Å². The van der Waals surface area contributed by atoms with Gasteiger partial charge in [0.05, 0.1) is 5.92 Å². The van der Waals surface area contributed by atoms with Gasteiger partial charge in [0.2, 0.25) is 12.1 Å². The van der Waals surface area contributed by atoms with Crippen molar-refractivity contribution in [2.24, 2.45) is 23.7 Å². The minimum Gasteiger partial charge on any atom is -0.432 e. The molecule has 20 heavy (non-hydrogen) atoms. The zero-order chi connectivity index (χ0) is 14.1. The Bertz CT molecular complexity index is 452. The Morgan fingerprint density at radius 2 is 1.90 bits per heavy atom. The monoisotopic (exact) mass is 282 g/mol. The maximum absolute atomic E-state index is 12.1. The Morgan fingerprint density at radius 1 is 1.10 bits per heavy atom. The van der Waals surface area contributed by atoms with Gasteiger partial charge >= 0.3 is 5.97 Å². The summed E-state index contributed by atoms with van der Waals surface area (Å²) >= 11 is 0. The standard InChI is InChI=1S/C15H22O5/c1-8-4-5-11-9(2)12(16)17-13-15(11)10(8)6-7-14(3,18-13)19-20-15/h8-11,13H,4-7H2,1-3H3/t8-,9-,10+,11?,13-,14?,15?/m1/s1. The van der Waals surface area contributed by atoms with Gasteiger partial charge in [-0.25, -0.2) is 9.78 Å². The van der Waals surface area contributed by atoms with Crippen LogP contribution >= 0.6 is 0 Å². The molecule has 0 amide bonds. The highest BCUT2D eigenvalue weighted by atomic mass is 17.3. The molecular weight excluding hydrogens is 260 g/mol. The molecule has 3 unspecified atom stereocenters. The third-order valence-electron chi connectivity index (χ3n) is 5.97. The summed E-state index contributed by atoms with van der Waals surface area (Å²) < 4.78 is 11.6. The molecule has 0 N–H and O–H groups in total. The fraction of sp³-hybridized carbons (Fsp3) is 0.933. The van der Waals surface area contributed by atoms with Crippen molar-refractivity contribution in [2.75, 3.05) is 0 Å². The third kappa shape index (κ3) is 1.46. The van der Waals surface area contributed by atoms with E-state index in [1.807, 2.05) is 13.8 Å². The zero-order valence-electron chi connectivity index (χ0n) is 12.3. The number of ether oxygens (including phenoxy) is 2. The van der Waals surface area contributed by atoms with Crippen LogP contribution in [0, 0.1) is 23.7 Å². The summed E-state index contributed by atoms with van der Waals surface area (Å²) in [6, 6.07) is 0. The normalized spacial score (nSPS) is 57.8. The summed E-state index contributed by atoms with van der Waals surface area (Å²) in [6.07, 6.45) is 3.24. The van der Waals surface area contributed by atoms with Crippen LogP contribution in [0.4, 0.5) is 0 Å². The van der Waals surface area contributed by atoms with Crippen molar-refractivity contribution in [1.82, 2.24) is 0 Å². The minimum atomic E-state index is -0.793. The summed E-state index contributed by atoms with van der Waals surface area (Å²) in [4.78, 5) is 23.7. The average Bonchev–Trinajstić information content (AvgIpc) is 2.63. The van der Waals surface area contributed by atoms with Crippen LogP contribution in [0.25, 0.3) is 0 Å². The molecule has 0 radical (unpaired) electrons. The quantitative estimate of drug-likeness (QED) is 0.504. The first-order valence-electron chi connectivity index (χ1n) is 7.71. The van der Waals surface area contributed by atoms with Crippen LogP contribution in [-0.2, 0) is 24.0 Å². The van der Waals surface area contributed by atoms with E-state index < -0.39 is 17.7 Å². The van der Waals surface area contributed by atoms with Gasteiger partial charge in [-0.15, -0.1) is 0 Å². The molecule has 1 spiro atoms. The predicted octanol–water partition coefficient (Wildman–Crippen LogP) is 2.39. The Labute approximate surface area is 118 Å². The fourth-order valence-electron chi connectivity index (χ4n) is 4.76. The lowest BCUT2D eigenvalue weighted by molar-refractivity contribution is -0.559. The van der Waals surface area contributed by atoms with Crippen LogP contribution < -0.4 is 0 Å². The first-order chi connectivity index (χ1) is 9.46. The van der Waals surface area contributed by atoms with Crippen LogP contribution in [0.2, 0.25) is 0 Å². The van der Waals surface area contributed by atoms with Crippen molar-refractivity contribution in [2.45, 2.75) is 64.1 Å². The smallest absolute Gasteiger partial charge is 0.311 e. The molecule has 5 nitrogen and oxygen atoms in total. The van der Waals surface area contributed by atoms with Crippen molar-refractivity contribution in [3.05, 3.63) is 0 Å². The lowest BCUT2D eigenvalue weighted by Crippen LogP contribution is -2.69. The number of hydrogen-bond donors (Lipinski definition) is 0. The van der Waals surface area contributed by atoms with Crippen LogP contribution in [0.15, 0.2) is 0 Å². The second-order valence-corrected chi connectivity index (χ2v) is 7.14. The highest BCUT2D eigenvalue weighted by Gasteiger charge is 2.69. The molecule has 1 aliphatic carbocycles. The van der Waals surface area contributed by atoms with Crippen molar-refractivity contribution in [3.8, 4) is 0 Å². The molecule has 5 aliphatic rings. The Morgan fingerprint density at radius 3 is 2.70 bits per heavy atom. The first kappa shape index (κ1) is 13.0. The van der Waals surface area contributed by atoms with E-state index in [1.54, 1.807) is 0 Å². The molecule has 0 aromatic heterocycles. The summed E-state index contributed by atoms with van der Waals surface area (Å²) in [7, 11) is 0. The summed E-state index contributed by atoms with van der Waals surface area (Å²) in [6.45, 7) is 6.06. The average molecular weight is 282 g/mol. The Balaban J connectivity index is 1.84. The zero-order valence-corrected chi connectivity index (χ0v) is 12.3. The summed E-state index contributed by atoms with van der Waals surface area (Å²) in [5.41, 5.74) is -0.610.